The van der Waals surface area contributed by atoms with Gasteiger partial charge in [0, 0.05) is 13.8 Å². The number of ether oxygens (including phenoxy) is 7. The van der Waals surface area contributed by atoms with Crippen LogP contribution in [0.2, 0.25) is 0 Å². The summed E-state index contributed by atoms with van der Waals surface area (Å²) in [5, 5.41) is 130. The number of hydrogen-bond donors (Lipinski definition) is 14. The average Bonchev–Trinajstić information content (AvgIpc) is 3.09. The molecule has 20 atom stereocenters. The lowest BCUT2D eigenvalue weighted by Crippen LogP contribution is -2.70. The third-order valence-electron chi connectivity index (χ3n) is 9.01. The van der Waals surface area contributed by atoms with Crippen LogP contribution < -0.4 is 10.6 Å². The molecule has 0 aromatic rings. The fraction of sp³-hybridized carbons (Fsp3) is 0.929. The van der Waals surface area contributed by atoms with E-state index in [2.05, 4.69) is 10.6 Å². The molecule has 0 spiro atoms. The van der Waals surface area contributed by atoms with Crippen LogP contribution in [0.5, 0.6) is 0 Å². The third kappa shape index (κ3) is 9.11. The lowest BCUT2D eigenvalue weighted by atomic mass is 9.94. The quantitative estimate of drug-likeness (QED) is 0.0881. The van der Waals surface area contributed by atoms with E-state index in [9.17, 15) is 70.9 Å². The topological polar surface area (TPSA) is 366 Å². The minimum atomic E-state index is -2.04. The fourth-order valence-electron chi connectivity index (χ4n) is 6.35. The van der Waals surface area contributed by atoms with Gasteiger partial charge >= 0.3 is 0 Å². The van der Waals surface area contributed by atoms with Gasteiger partial charge < -0.3 is 105 Å². The molecule has 0 bridgehead atoms. The van der Waals surface area contributed by atoms with Gasteiger partial charge in [0.2, 0.25) is 11.8 Å². The monoisotopic (exact) mass is 748 g/mol. The van der Waals surface area contributed by atoms with Crippen molar-refractivity contribution in [2.75, 3.05) is 26.4 Å². The van der Waals surface area contributed by atoms with E-state index in [1.54, 1.807) is 0 Å². The van der Waals surface area contributed by atoms with Crippen molar-refractivity contribution < 1.29 is 104 Å². The van der Waals surface area contributed by atoms with Crippen molar-refractivity contribution in [1.29, 1.82) is 0 Å². The minimum absolute atomic E-state index is 0.660. The molecule has 0 aliphatic carbocycles. The molecule has 4 saturated heterocycles. The van der Waals surface area contributed by atoms with Gasteiger partial charge in [-0.05, 0) is 0 Å². The lowest BCUT2D eigenvalue weighted by molar-refractivity contribution is -0.379. The van der Waals surface area contributed by atoms with Crippen molar-refractivity contribution in [2.24, 2.45) is 0 Å². The Morgan fingerprint density at radius 1 is 0.471 bits per heavy atom. The van der Waals surface area contributed by atoms with E-state index < -0.39 is 161 Å². The molecule has 0 saturated carbocycles. The van der Waals surface area contributed by atoms with Crippen molar-refractivity contribution >= 4 is 11.8 Å². The molecule has 14 N–H and O–H groups in total. The molecule has 51 heavy (non-hydrogen) atoms. The largest absolute Gasteiger partial charge is 0.394 e. The van der Waals surface area contributed by atoms with E-state index in [0.717, 1.165) is 13.8 Å². The van der Waals surface area contributed by atoms with Crippen molar-refractivity contribution in [3.8, 4) is 0 Å². The second kappa shape index (κ2) is 18.0. The minimum Gasteiger partial charge on any atom is -0.394 e. The molecular weight excluding hydrogens is 700 g/mol. The number of nitrogens with one attached hydrogen (secondary N) is 2. The molecule has 4 fully saturated rings. The summed E-state index contributed by atoms with van der Waals surface area (Å²) in [4.78, 5) is 23.9. The van der Waals surface area contributed by atoms with Gasteiger partial charge in [0.15, 0.2) is 25.2 Å². The lowest BCUT2D eigenvalue weighted by Gasteiger charge is -2.50. The first-order valence-electron chi connectivity index (χ1n) is 16.1. The molecule has 23 nitrogen and oxygen atoms in total. The Morgan fingerprint density at radius 2 is 0.882 bits per heavy atom. The van der Waals surface area contributed by atoms with Crippen LogP contribution in [0, 0.1) is 0 Å². The van der Waals surface area contributed by atoms with Crippen molar-refractivity contribution in [3.63, 3.8) is 0 Å². The zero-order valence-corrected chi connectivity index (χ0v) is 27.4. The number of amides is 2. The first-order chi connectivity index (χ1) is 24.1. The van der Waals surface area contributed by atoms with Crippen LogP contribution in [0.4, 0.5) is 0 Å². The molecule has 0 unspecified atom stereocenters. The van der Waals surface area contributed by atoms with E-state index in [0.29, 0.717) is 0 Å². The standard InChI is InChI=1S/C28H48N2O21/c1-7(35)29-13-17(39)22(11(5-33)45-25(13)44)49-26-14(30-8(2)36)18(40)23(12(6-34)48-26)50-28-21(43)24(16(38)10(4-32)47-28)51-27-20(42)19(41)15(37)9(3-31)46-27/h9-28,31-34,37-44H,3-6H2,1-2H3,(H,29,35)(H,30,36)/t9-,10-,11-,12-,13-,14-,15-,16-,17-,18-,19+,20+,21+,22-,23-,24+,25+,26+,27+,28+/m1/s1. The maximum Gasteiger partial charge on any atom is 0.217 e. The molecule has 4 aliphatic heterocycles. The van der Waals surface area contributed by atoms with Crippen LogP contribution in [0.25, 0.3) is 0 Å². The van der Waals surface area contributed by atoms with E-state index in [4.69, 9.17) is 33.2 Å². The van der Waals surface area contributed by atoms with Crippen LogP contribution in [-0.4, -0.2) is 222 Å². The average molecular weight is 749 g/mol. The Hall–Kier alpha value is -1.82. The van der Waals surface area contributed by atoms with Gasteiger partial charge in [-0.15, -0.1) is 0 Å². The van der Waals surface area contributed by atoms with Crippen molar-refractivity contribution in [3.05, 3.63) is 0 Å². The summed E-state index contributed by atoms with van der Waals surface area (Å²) in [5.41, 5.74) is 0. The highest BCUT2D eigenvalue weighted by molar-refractivity contribution is 5.73. The Bertz CT molecular complexity index is 1140. The summed E-state index contributed by atoms with van der Waals surface area (Å²) in [6.45, 7) is -1.28. The second-order valence-electron chi connectivity index (χ2n) is 12.6. The molecule has 23 heteroatoms. The van der Waals surface area contributed by atoms with Gasteiger partial charge in [-0.25, -0.2) is 0 Å². The maximum atomic E-state index is 12.2. The molecule has 2 amide bonds. The van der Waals surface area contributed by atoms with Crippen molar-refractivity contribution in [1.82, 2.24) is 10.6 Å². The van der Waals surface area contributed by atoms with Crippen LogP contribution in [-0.2, 0) is 42.7 Å². The van der Waals surface area contributed by atoms with Gasteiger partial charge in [0.1, 0.15) is 97.5 Å². The number of aliphatic hydroxyl groups excluding tert-OH is 12. The van der Waals surface area contributed by atoms with Gasteiger partial charge in [0.25, 0.3) is 0 Å². The van der Waals surface area contributed by atoms with E-state index in [1.807, 2.05) is 0 Å². The predicted octanol–water partition coefficient (Wildman–Crippen LogP) is -9.46. The highest BCUT2D eigenvalue weighted by Crippen LogP contribution is 2.34. The van der Waals surface area contributed by atoms with Gasteiger partial charge in [-0.2, -0.15) is 0 Å². The van der Waals surface area contributed by atoms with Crippen LogP contribution >= 0.6 is 0 Å². The number of hydrogen-bond acceptors (Lipinski definition) is 21. The van der Waals surface area contributed by atoms with Crippen molar-refractivity contribution in [2.45, 2.75) is 137 Å². The van der Waals surface area contributed by atoms with Gasteiger partial charge in [0.05, 0.1) is 26.4 Å². The Morgan fingerprint density at radius 3 is 1.41 bits per heavy atom. The summed E-state index contributed by atoms with van der Waals surface area (Å²) in [6.07, 6.45) is -31.4. The van der Waals surface area contributed by atoms with Gasteiger partial charge in [-0.1, -0.05) is 0 Å². The third-order valence-corrected chi connectivity index (χ3v) is 9.01. The number of carbonyl (C=O) groups is 2. The molecule has 296 valence electrons. The Labute approximate surface area is 289 Å². The van der Waals surface area contributed by atoms with Gasteiger partial charge in [-0.3, -0.25) is 9.59 Å². The predicted molar refractivity (Wildman–Crippen MR) is 157 cm³/mol. The Kier molecular flexibility index (Phi) is 14.8. The number of aliphatic hydroxyl groups is 12. The molecular formula is C28H48N2O21. The van der Waals surface area contributed by atoms with Crippen LogP contribution in [0.3, 0.4) is 0 Å². The number of carbonyl (C=O) groups excluding carboxylic acids is 2. The van der Waals surface area contributed by atoms with E-state index in [-0.39, 0.29) is 0 Å². The summed E-state index contributed by atoms with van der Waals surface area (Å²) >= 11 is 0. The van der Waals surface area contributed by atoms with E-state index in [1.165, 1.54) is 0 Å². The molecule has 4 heterocycles. The van der Waals surface area contributed by atoms with Crippen LogP contribution in [0.15, 0.2) is 0 Å². The first kappa shape index (κ1) is 41.9. The molecule has 0 radical (unpaired) electrons. The van der Waals surface area contributed by atoms with Crippen LogP contribution in [0.1, 0.15) is 13.8 Å². The zero-order chi connectivity index (χ0) is 37.9. The summed E-state index contributed by atoms with van der Waals surface area (Å²) in [5.74, 6) is -1.40. The Balaban J connectivity index is 1.56. The second-order valence-corrected chi connectivity index (χ2v) is 12.6. The molecule has 0 aromatic carbocycles. The molecule has 0 aromatic heterocycles. The summed E-state index contributed by atoms with van der Waals surface area (Å²) in [6, 6.07) is -3.04. The highest BCUT2D eigenvalue weighted by atomic mass is 16.8. The summed E-state index contributed by atoms with van der Waals surface area (Å²) in [7, 11) is 0. The normalized spacial score (nSPS) is 47.8. The number of rotatable bonds is 12. The first-order valence-corrected chi connectivity index (χ1v) is 16.1. The maximum absolute atomic E-state index is 12.2. The molecule has 4 rings (SSSR count). The zero-order valence-electron chi connectivity index (χ0n) is 27.4. The molecule has 4 aliphatic rings. The highest BCUT2D eigenvalue weighted by Gasteiger charge is 2.55. The van der Waals surface area contributed by atoms with E-state index >= 15 is 0 Å². The SMILES string of the molecule is CC(=O)N[C@@H]1[C@@H](O)[C@H](O[C@@H]2O[C@H](CO)[C@@H](O[C@@H]3O[C@H](CO)[C@@H](O)[C@H](O[C@@H]4O[C@H](CO)[C@@H](O)[C@H](O)[C@@H]4O)[C@@H]3O)[C@H](O)[C@H]2NC(C)=O)[C@@H](CO)O[C@@H]1O. The smallest absolute Gasteiger partial charge is 0.217 e. The summed E-state index contributed by atoms with van der Waals surface area (Å²) < 4.78 is 39.1. The fourth-order valence-corrected chi connectivity index (χ4v) is 6.35.